The van der Waals surface area contributed by atoms with Crippen LogP contribution in [-0.4, -0.2) is 54.7 Å². The molecule has 0 radical (unpaired) electrons. The van der Waals surface area contributed by atoms with Crippen molar-refractivity contribution in [2.45, 2.75) is 59.4 Å². The summed E-state index contributed by atoms with van der Waals surface area (Å²) in [6.07, 6.45) is 5.32. The molecule has 3 N–H and O–H groups in total. The molecule has 1 fully saturated rings. The summed E-state index contributed by atoms with van der Waals surface area (Å²) in [7, 11) is 0. The molecule has 1 heterocycles. The number of aliphatic hydroxyl groups excluding tert-OH is 1. The Labute approximate surface area is 205 Å². The summed E-state index contributed by atoms with van der Waals surface area (Å²) in [5, 5.41) is 16.0. The highest BCUT2D eigenvalue weighted by atomic mass is 127. The molecule has 1 aromatic carbocycles. The number of benzene rings is 1. The van der Waals surface area contributed by atoms with Gasteiger partial charge in [-0.3, -0.25) is 4.79 Å². The monoisotopic (exact) mass is 544 g/mol. The lowest BCUT2D eigenvalue weighted by molar-refractivity contribution is 0.0724. The van der Waals surface area contributed by atoms with Gasteiger partial charge in [-0.05, 0) is 68.6 Å². The summed E-state index contributed by atoms with van der Waals surface area (Å²) >= 11 is 0. The number of guanidine groups is 1. The highest BCUT2D eigenvalue weighted by Gasteiger charge is 2.17. The fourth-order valence-corrected chi connectivity index (χ4v) is 3.94. The van der Waals surface area contributed by atoms with Crippen molar-refractivity contribution in [1.82, 2.24) is 15.5 Å². The topological polar surface area (TPSA) is 77.0 Å². The Morgan fingerprint density at radius 1 is 1.13 bits per heavy atom. The molecule has 1 aromatic rings. The predicted molar refractivity (Wildman–Crippen MR) is 139 cm³/mol. The largest absolute Gasteiger partial charge is 0.396 e. The number of nitrogens with one attached hydrogen (secondary N) is 2. The van der Waals surface area contributed by atoms with Crippen LogP contribution in [0.4, 0.5) is 0 Å². The van der Waals surface area contributed by atoms with Gasteiger partial charge in [-0.25, -0.2) is 4.99 Å². The molecule has 0 bridgehead atoms. The normalized spacial score (nSPS) is 15.4. The lowest BCUT2D eigenvalue weighted by atomic mass is 9.94. The minimum Gasteiger partial charge on any atom is -0.396 e. The highest BCUT2D eigenvalue weighted by molar-refractivity contribution is 14.0. The lowest BCUT2D eigenvalue weighted by Gasteiger charge is -2.26. The van der Waals surface area contributed by atoms with E-state index >= 15 is 0 Å². The number of aliphatic imine (C=N–C) groups is 1. The number of amides is 1. The van der Waals surface area contributed by atoms with E-state index in [-0.39, 0.29) is 36.5 Å². The Morgan fingerprint density at radius 2 is 1.81 bits per heavy atom. The molecule has 1 aliphatic heterocycles. The van der Waals surface area contributed by atoms with E-state index in [0.29, 0.717) is 18.4 Å². The van der Waals surface area contributed by atoms with Crippen LogP contribution in [0.25, 0.3) is 0 Å². The van der Waals surface area contributed by atoms with E-state index < -0.39 is 0 Å². The fourth-order valence-electron chi connectivity index (χ4n) is 3.94. The number of halogens is 1. The quantitative estimate of drug-likeness (QED) is 0.236. The van der Waals surface area contributed by atoms with Crippen LogP contribution in [0.3, 0.4) is 0 Å². The van der Waals surface area contributed by atoms with E-state index in [2.05, 4.69) is 31.4 Å². The van der Waals surface area contributed by atoms with Crippen LogP contribution in [-0.2, 0) is 6.54 Å². The number of hydrogen-bond acceptors (Lipinski definition) is 3. The SMILES string of the molecule is CCNC(=NCc1ccc(C(=O)N2CCCCC2)cc1)NCC(CCO)CC(C)C.I. The number of rotatable bonds is 10. The Kier molecular flexibility index (Phi) is 13.8. The Morgan fingerprint density at radius 3 is 2.39 bits per heavy atom. The van der Waals surface area contributed by atoms with Gasteiger partial charge < -0.3 is 20.6 Å². The molecule has 1 saturated heterocycles. The molecule has 31 heavy (non-hydrogen) atoms. The standard InChI is InChI=1S/C24H40N4O2.HI/c1-4-25-24(27-18-21(12-15-29)16-19(2)3)26-17-20-8-10-22(11-9-20)23(30)28-13-6-5-7-14-28;/h8-11,19,21,29H,4-7,12-18H2,1-3H3,(H2,25,26,27);1H. The van der Waals surface area contributed by atoms with E-state index in [1.165, 1.54) is 6.42 Å². The summed E-state index contributed by atoms with van der Waals surface area (Å²) in [5.41, 5.74) is 1.84. The predicted octanol–water partition coefficient (Wildman–Crippen LogP) is 4.03. The number of carbonyl (C=O) groups excluding carboxylic acids is 1. The maximum absolute atomic E-state index is 12.6. The van der Waals surface area contributed by atoms with E-state index in [4.69, 9.17) is 4.99 Å². The molecule has 176 valence electrons. The average molecular weight is 545 g/mol. The Bertz CT molecular complexity index is 658. The molecule has 1 unspecified atom stereocenters. The van der Waals surface area contributed by atoms with Gasteiger partial charge in [0.05, 0.1) is 6.54 Å². The smallest absolute Gasteiger partial charge is 0.253 e. The van der Waals surface area contributed by atoms with Crippen molar-refractivity contribution < 1.29 is 9.90 Å². The van der Waals surface area contributed by atoms with Crippen molar-refractivity contribution in [3.05, 3.63) is 35.4 Å². The molecule has 2 rings (SSSR count). The molecule has 0 spiro atoms. The molecule has 0 aromatic heterocycles. The van der Waals surface area contributed by atoms with Crippen LogP contribution >= 0.6 is 24.0 Å². The summed E-state index contributed by atoms with van der Waals surface area (Å²) in [4.78, 5) is 19.3. The van der Waals surface area contributed by atoms with E-state index in [1.807, 2.05) is 29.2 Å². The van der Waals surface area contributed by atoms with E-state index in [1.54, 1.807) is 0 Å². The number of nitrogens with zero attached hydrogens (tertiary/aromatic N) is 2. The Balaban J connectivity index is 0.00000480. The number of hydrogen-bond donors (Lipinski definition) is 3. The van der Waals surface area contributed by atoms with Crippen molar-refractivity contribution >= 4 is 35.8 Å². The first-order valence-electron chi connectivity index (χ1n) is 11.5. The maximum atomic E-state index is 12.6. The molecule has 7 heteroatoms. The molecule has 6 nitrogen and oxygen atoms in total. The van der Waals surface area contributed by atoms with Crippen LogP contribution in [0, 0.1) is 11.8 Å². The highest BCUT2D eigenvalue weighted by Crippen LogP contribution is 2.15. The second kappa shape index (κ2) is 15.5. The molecular weight excluding hydrogens is 503 g/mol. The number of carbonyl (C=O) groups is 1. The van der Waals surface area contributed by atoms with E-state index in [0.717, 1.165) is 68.9 Å². The van der Waals surface area contributed by atoms with Crippen LogP contribution < -0.4 is 10.6 Å². The first kappa shape index (κ1) is 27.7. The van der Waals surface area contributed by atoms with Crippen molar-refractivity contribution in [1.29, 1.82) is 0 Å². The van der Waals surface area contributed by atoms with Crippen molar-refractivity contribution in [2.75, 3.05) is 32.8 Å². The first-order chi connectivity index (χ1) is 14.5. The van der Waals surface area contributed by atoms with Gasteiger partial charge in [-0.1, -0.05) is 26.0 Å². The van der Waals surface area contributed by atoms with Crippen LogP contribution in [0.2, 0.25) is 0 Å². The second-order valence-electron chi connectivity index (χ2n) is 8.63. The molecule has 0 saturated carbocycles. The lowest BCUT2D eigenvalue weighted by Crippen LogP contribution is -2.40. The molecule has 1 amide bonds. The van der Waals surface area contributed by atoms with Crippen molar-refractivity contribution in [2.24, 2.45) is 16.8 Å². The van der Waals surface area contributed by atoms with Crippen LogP contribution in [0.5, 0.6) is 0 Å². The van der Waals surface area contributed by atoms with Crippen molar-refractivity contribution in [3.63, 3.8) is 0 Å². The van der Waals surface area contributed by atoms with Gasteiger partial charge in [-0.15, -0.1) is 24.0 Å². The first-order valence-corrected chi connectivity index (χ1v) is 11.5. The van der Waals surface area contributed by atoms with Gasteiger partial charge in [0, 0.05) is 38.3 Å². The van der Waals surface area contributed by atoms with Gasteiger partial charge in [-0.2, -0.15) is 0 Å². The zero-order valence-electron chi connectivity index (χ0n) is 19.4. The number of piperidine rings is 1. The molecule has 0 aliphatic carbocycles. The average Bonchev–Trinajstić information content (AvgIpc) is 2.76. The summed E-state index contributed by atoms with van der Waals surface area (Å²) < 4.78 is 0. The number of likely N-dealkylation sites (tertiary alicyclic amines) is 1. The third-order valence-electron chi connectivity index (χ3n) is 5.51. The second-order valence-corrected chi connectivity index (χ2v) is 8.63. The van der Waals surface area contributed by atoms with Gasteiger partial charge >= 0.3 is 0 Å². The fraction of sp³-hybridized carbons (Fsp3) is 0.667. The van der Waals surface area contributed by atoms with Gasteiger partial charge in [0.2, 0.25) is 0 Å². The van der Waals surface area contributed by atoms with Gasteiger partial charge in [0.15, 0.2) is 5.96 Å². The van der Waals surface area contributed by atoms with Gasteiger partial charge in [0.25, 0.3) is 5.91 Å². The number of aliphatic hydroxyl groups is 1. The summed E-state index contributed by atoms with van der Waals surface area (Å²) in [5.74, 6) is 1.96. The zero-order chi connectivity index (χ0) is 21.8. The molecule has 1 aliphatic rings. The van der Waals surface area contributed by atoms with E-state index in [9.17, 15) is 9.90 Å². The minimum atomic E-state index is 0. The van der Waals surface area contributed by atoms with Crippen LogP contribution in [0.15, 0.2) is 29.3 Å². The van der Waals surface area contributed by atoms with Gasteiger partial charge in [0.1, 0.15) is 0 Å². The zero-order valence-corrected chi connectivity index (χ0v) is 21.7. The molecular formula is C24H41IN4O2. The molecule has 1 atom stereocenters. The minimum absolute atomic E-state index is 0. The Hall–Kier alpha value is -1.35. The third kappa shape index (κ3) is 10.2. The maximum Gasteiger partial charge on any atom is 0.253 e. The summed E-state index contributed by atoms with van der Waals surface area (Å²) in [6.45, 7) is 10.6. The third-order valence-corrected chi connectivity index (χ3v) is 5.51. The van der Waals surface area contributed by atoms with Crippen molar-refractivity contribution in [3.8, 4) is 0 Å². The van der Waals surface area contributed by atoms with Crippen LogP contribution in [0.1, 0.15) is 68.8 Å². The summed E-state index contributed by atoms with van der Waals surface area (Å²) in [6, 6.07) is 7.83.